The Morgan fingerprint density at radius 1 is 1.06 bits per heavy atom. The molecule has 2 aromatic heterocycles. The third kappa shape index (κ3) is 7.42. The number of halogens is 1. The molecule has 12 heteroatoms. The summed E-state index contributed by atoms with van der Waals surface area (Å²) < 4.78 is 30.2. The van der Waals surface area contributed by atoms with Gasteiger partial charge < -0.3 is 19.8 Å². The molecule has 0 saturated carbocycles. The van der Waals surface area contributed by atoms with E-state index in [1.54, 1.807) is 39.9 Å². The van der Waals surface area contributed by atoms with E-state index in [1.165, 1.54) is 12.4 Å². The topological polar surface area (TPSA) is 132 Å². The Hall–Kier alpha value is -4.60. The van der Waals surface area contributed by atoms with Gasteiger partial charge in [-0.25, -0.2) is 19.0 Å². The highest BCUT2D eigenvalue weighted by atomic mass is 28.4. The minimum atomic E-state index is -2.27. The zero-order chi connectivity index (χ0) is 35.0. The summed E-state index contributed by atoms with van der Waals surface area (Å²) in [7, 11) is -2.27. The summed E-state index contributed by atoms with van der Waals surface area (Å²) in [6, 6.07) is 15.4. The smallest absolute Gasteiger partial charge is 0.264 e. The fraction of sp³-hybridized carbons (Fsp3) is 0.417. The molecule has 252 valence electrons. The van der Waals surface area contributed by atoms with Gasteiger partial charge in [0.1, 0.15) is 46.8 Å². The number of aromatic nitrogens is 4. The average Bonchev–Trinajstić information content (AvgIpc) is 3.39. The molecule has 0 spiro atoms. The minimum absolute atomic E-state index is 0.0696. The maximum atomic E-state index is 15.8. The van der Waals surface area contributed by atoms with Crippen molar-refractivity contribution in [3.05, 3.63) is 72.3 Å². The Bertz CT molecular complexity index is 1890. The molecule has 0 radical (unpaired) electrons. The van der Waals surface area contributed by atoms with E-state index in [2.05, 4.69) is 49.9 Å². The van der Waals surface area contributed by atoms with Crippen LogP contribution in [0.4, 0.5) is 10.2 Å². The monoisotopic (exact) mass is 669 g/mol. The first-order valence-electron chi connectivity index (χ1n) is 16.1. The summed E-state index contributed by atoms with van der Waals surface area (Å²) in [6.45, 7) is 17.2. The van der Waals surface area contributed by atoms with E-state index in [0.29, 0.717) is 35.5 Å². The summed E-state index contributed by atoms with van der Waals surface area (Å²) in [5.74, 6) is 0.150. The number of nitrogens with two attached hydrogens (primary N) is 1. The zero-order valence-electron chi connectivity index (χ0n) is 28.9. The first-order chi connectivity index (χ1) is 22.5. The number of anilines is 1. The van der Waals surface area contributed by atoms with Gasteiger partial charge in [0.25, 0.3) is 5.91 Å². The Morgan fingerprint density at radius 2 is 1.77 bits per heavy atom. The van der Waals surface area contributed by atoms with Crippen LogP contribution in [0.15, 0.2) is 66.5 Å². The number of rotatable bonds is 7. The molecule has 5 rings (SSSR count). The summed E-state index contributed by atoms with van der Waals surface area (Å²) in [4.78, 5) is 24.3. The number of nitriles is 1. The SMILES string of the molecule is CC(C)(C)/C=C(\C#N)C(=O)N1C[C@H](O[Si](C)(C)C(C)(C)C)C[C@@H](n2nc(-c3ccc(Oc4ccccc4)cc3F)c3c(N)ncnc32)C1. The molecular weight excluding hydrogens is 626 g/mol. The summed E-state index contributed by atoms with van der Waals surface area (Å²) in [6.07, 6.45) is 3.23. The Labute approximate surface area is 282 Å². The molecule has 3 heterocycles. The molecule has 2 N–H and O–H groups in total. The molecule has 1 amide bonds. The van der Waals surface area contributed by atoms with Gasteiger partial charge in [-0.3, -0.25) is 4.79 Å². The van der Waals surface area contributed by atoms with Crippen molar-refractivity contribution in [2.45, 2.75) is 78.2 Å². The van der Waals surface area contributed by atoms with Crippen LogP contribution in [0.1, 0.15) is 54.0 Å². The largest absolute Gasteiger partial charge is 0.457 e. The maximum Gasteiger partial charge on any atom is 0.264 e. The second-order valence-corrected chi connectivity index (χ2v) is 19.7. The van der Waals surface area contributed by atoms with Crippen LogP contribution in [0.2, 0.25) is 18.1 Å². The number of likely N-dealkylation sites (tertiary alicyclic amines) is 1. The number of allylic oxidation sites excluding steroid dienone is 1. The molecule has 0 unspecified atom stereocenters. The van der Waals surface area contributed by atoms with Crippen LogP contribution in [0.5, 0.6) is 11.5 Å². The molecule has 1 aliphatic rings. The van der Waals surface area contributed by atoms with Crippen LogP contribution in [0.3, 0.4) is 0 Å². The van der Waals surface area contributed by atoms with Crippen molar-refractivity contribution < 1.29 is 18.3 Å². The number of hydrogen-bond acceptors (Lipinski definition) is 8. The van der Waals surface area contributed by atoms with E-state index >= 15 is 4.39 Å². The molecule has 0 aliphatic carbocycles. The van der Waals surface area contributed by atoms with Gasteiger partial charge in [0.2, 0.25) is 0 Å². The summed E-state index contributed by atoms with van der Waals surface area (Å²) in [5.41, 5.74) is 6.99. The third-order valence-electron chi connectivity index (χ3n) is 8.91. The average molecular weight is 670 g/mol. The molecule has 2 aromatic carbocycles. The fourth-order valence-electron chi connectivity index (χ4n) is 5.61. The second-order valence-electron chi connectivity index (χ2n) is 14.9. The Balaban J connectivity index is 1.57. The van der Waals surface area contributed by atoms with E-state index in [9.17, 15) is 10.1 Å². The van der Waals surface area contributed by atoms with Crippen molar-refractivity contribution in [2.24, 2.45) is 5.41 Å². The van der Waals surface area contributed by atoms with Crippen molar-refractivity contribution >= 4 is 31.1 Å². The predicted octanol–water partition coefficient (Wildman–Crippen LogP) is 7.67. The predicted molar refractivity (Wildman–Crippen MR) is 187 cm³/mol. The second kappa shape index (κ2) is 13.1. The number of amides is 1. The van der Waals surface area contributed by atoms with Crippen LogP contribution < -0.4 is 10.5 Å². The van der Waals surface area contributed by atoms with Crippen molar-refractivity contribution in [1.29, 1.82) is 5.26 Å². The van der Waals surface area contributed by atoms with Gasteiger partial charge in [-0.15, -0.1) is 0 Å². The first kappa shape index (κ1) is 34.7. The maximum absolute atomic E-state index is 15.8. The van der Waals surface area contributed by atoms with Crippen LogP contribution in [0, 0.1) is 22.6 Å². The lowest BCUT2D eigenvalue weighted by molar-refractivity contribution is -0.130. The Morgan fingerprint density at radius 3 is 2.40 bits per heavy atom. The lowest BCUT2D eigenvalue weighted by atomic mass is 9.93. The van der Waals surface area contributed by atoms with E-state index in [4.69, 9.17) is 20.0 Å². The lowest BCUT2D eigenvalue weighted by Crippen LogP contribution is -2.53. The van der Waals surface area contributed by atoms with Gasteiger partial charge in [-0.05, 0) is 54.2 Å². The number of nitrogen functional groups attached to an aromatic ring is 1. The normalized spacial score (nSPS) is 17.8. The van der Waals surface area contributed by atoms with Gasteiger partial charge in [-0.1, -0.05) is 65.8 Å². The molecule has 1 aliphatic heterocycles. The number of hydrogen-bond donors (Lipinski definition) is 1. The molecule has 10 nitrogen and oxygen atoms in total. The number of para-hydroxylation sites is 1. The van der Waals surface area contributed by atoms with Crippen molar-refractivity contribution in [3.63, 3.8) is 0 Å². The van der Waals surface area contributed by atoms with Crippen LogP contribution >= 0.6 is 0 Å². The lowest BCUT2D eigenvalue weighted by Gasteiger charge is -2.44. The first-order valence-corrected chi connectivity index (χ1v) is 19.0. The van der Waals surface area contributed by atoms with Crippen molar-refractivity contribution in [1.82, 2.24) is 24.6 Å². The molecule has 4 aromatic rings. The standard InChI is InChI=1S/C36H44FN7O3Si/c1-35(2,3)18-23(19-38)34(45)43-20-24(16-27(21-43)47-48(7,8)36(4,5)6)44-33-30(32(39)40-22-41-33)31(42-44)28-15-14-26(17-29(28)37)46-25-12-10-9-11-13-25/h9-15,17-18,22,24,27H,16,20-21H2,1-8H3,(H2,39,40,41)/b23-18+/t24-,27-/m1/s1. The van der Waals surface area contributed by atoms with Gasteiger partial charge >= 0.3 is 0 Å². The fourth-order valence-corrected chi connectivity index (χ4v) is 6.97. The highest BCUT2D eigenvalue weighted by molar-refractivity contribution is 6.74. The number of piperidine rings is 1. The minimum Gasteiger partial charge on any atom is -0.457 e. The third-order valence-corrected chi connectivity index (χ3v) is 13.4. The number of nitrogens with zero attached hydrogens (tertiary/aromatic N) is 6. The van der Waals surface area contributed by atoms with Crippen molar-refractivity contribution in [3.8, 4) is 28.8 Å². The van der Waals surface area contributed by atoms with Crippen LogP contribution in [-0.4, -0.2) is 58.1 Å². The quantitative estimate of drug-likeness (QED) is 0.120. The van der Waals surface area contributed by atoms with Gasteiger partial charge in [0.05, 0.1) is 17.5 Å². The number of fused-ring (bicyclic) bond motifs is 1. The van der Waals surface area contributed by atoms with E-state index in [-0.39, 0.29) is 51.7 Å². The van der Waals surface area contributed by atoms with Gasteiger partial charge in [0.15, 0.2) is 14.0 Å². The summed E-state index contributed by atoms with van der Waals surface area (Å²) in [5, 5.41) is 15.2. The molecule has 2 atom stereocenters. The molecule has 48 heavy (non-hydrogen) atoms. The van der Waals surface area contributed by atoms with E-state index in [0.717, 1.165) is 0 Å². The van der Waals surface area contributed by atoms with Gasteiger partial charge in [-0.2, -0.15) is 10.4 Å². The highest BCUT2D eigenvalue weighted by Crippen LogP contribution is 2.41. The molecule has 0 bridgehead atoms. The number of benzene rings is 2. The number of ether oxygens (including phenoxy) is 1. The highest BCUT2D eigenvalue weighted by Gasteiger charge is 2.43. The molecule has 1 saturated heterocycles. The number of carbonyl (C=O) groups excluding carboxylic acids is 1. The Kier molecular flexibility index (Phi) is 9.50. The number of carbonyl (C=O) groups is 1. The van der Waals surface area contributed by atoms with Gasteiger partial charge in [0, 0.05) is 24.7 Å². The van der Waals surface area contributed by atoms with Crippen molar-refractivity contribution in [2.75, 3.05) is 18.8 Å². The van der Waals surface area contributed by atoms with E-state index in [1.807, 2.05) is 39.0 Å². The summed E-state index contributed by atoms with van der Waals surface area (Å²) >= 11 is 0. The van der Waals surface area contributed by atoms with Crippen LogP contribution in [-0.2, 0) is 9.22 Å². The molecule has 1 fully saturated rings. The van der Waals surface area contributed by atoms with Crippen LogP contribution in [0.25, 0.3) is 22.3 Å². The molecular formula is C36H44FN7O3Si. The zero-order valence-corrected chi connectivity index (χ0v) is 29.9. The van der Waals surface area contributed by atoms with E-state index < -0.39 is 20.2 Å².